The Morgan fingerprint density at radius 3 is 2.31 bits per heavy atom. The third-order valence-corrected chi connectivity index (χ3v) is 2.89. The lowest BCUT2D eigenvalue weighted by atomic mass is 10.1. The highest BCUT2D eigenvalue weighted by molar-refractivity contribution is 5.85. The number of hydrogen-bond acceptors (Lipinski definition) is 4. The molecule has 2 N–H and O–H groups in total. The number of rotatable bonds is 6. The van der Waals surface area contributed by atoms with Crippen molar-refractivity contribution in [2.24, 2.45) is 5.73 Å². The summed E-state index contributed by atoms with van der Waals surface area (Å²) in [5.41, 5.74) is 6.17. The van der Waals surface area contributed by atoms with Crippen LogP contribution in [0.15, 0.2) is 30.6 Å². The molecule has 0 amide bonds. The topological polar surface area (TPSA) is 62.3 Å². The Labute approximate surface area is 150 Å². The van der Waals surface area contributed by atoms with Gasteiger partial charge < -0.3 is 15.2 Å². The quantitative estimate of drug-likeness (QED) is 0.743. The molecule has 12 heteroatoms. The van der Waals surface area contributed by atoms with Crippen molar-refractivity contribution in [3.63, 3.8) is 0 Å². The van der Waals surface area contributed by atoms with Gasteiger partial charge in [0.2, 0.25) is 0 Å². The number of hydrogen-bond donors (Lipinski definition) is 1. The van der Waals surface area contributed by atoms with E-state index in [1.165, 1.54) is 16.9 Å². The van der Waals surface area contributed by atoms with Crippen LogP contribution in [0.3, 0.4) is 0 Å². The zero-order valence-electron chi connectivity index (χ0n) is 13.0. The SMILES string of the molecule is Cl.NCCn1cc(-c2ccc(OC(F)(F)F)c(OCC(F)(F)F)c2)cn1. The second-order valence-corrected chi connectivity index (χ2v) is 4.89. The molecule has 2 rings (SSSR count). The van der Waals surface area contributed by atoms with E-state index in [2.05, 4.69) is 14.6 Å². The van der Waals surface area contributed by atoms with E-state index in [0.717, 1.165) is 12.1 Å². The highest BCUT2D eigenvalue weighted by Gasteiger charge is 2.34. The van der Waals surface area contributed by atoms with Crippen LogP contribution in [0.2, 0.25) is 0 Å². The molecule has 0 aliphatic carbocycles. The lowest BCUT2D eigenvalue weighted by Crippen LogP contribution is -2.21. The Bertz CT molecular complexity index is 717. The molecule has 0 saturated carbocycles. The molecule has 0 unspecified atom stereocenters. The van der Waals surface area contributed by atoms with E-state index in [0.29, 0.717) is 24.2 Å². The van der Waals surface area contributed by atoms with Crippen LogP contribution in [0.4, 0.5) is 26.3 Å². The first-order chi connectivity index (χ1) is 11.6. The summed E-state index contributed by atoms with van der Waals surface area (Å²) in [4.78, 5) is 0. The predicted octanol–water partition coefficient (Wildman–Crippen LogP) is 3.77. The van der Waals surface area contributed by atoms with Crippen LogP contribution in [-0.2, 0) is 6.54 Å². The minimum absolute atomic E-state index is 0. The number of halogens is 7. The monoisotopic (exact) mass is 405 g/mol. The van der Waals surface area contributed by atoms with Gasteiger partial charge in [0.15, 0.2) is 18.1 Å². The third-order valence-electron chi connectivity index (χ3n) is 2.89. The van der Waals surface area contributed by atoms with Gasteiger partial charge in [-0.2, -0.15) is 18.3 Å². The molecule has 5 nitrogen and oxygen atoms in total. The lowest BCUT2D eigenvalue weighted by molar-refractivity contribution is -0.275. The third kappa shape index (κ3) is 6.64. The molecule has 0 radical (unpaired) electrons. The fraction of sp³-hybridized carbons (Fsp3) is 0.357. The van der Waals surface area contributed by atoms with Crippen molar-refractivity contribution in [2.75, 3.05) is 13.2 Å². The normalized spacial score (nSPS) is 11.8. The number of nitrogens with two attached hydrogens (primary N) is 1. The van der Waals surface area contributed by atoms with Gasteiger partial charge in [-0.15, -0.1) is 25.6 Å². The average molecular weight is 406 g/mol. The molecule has 1 heterocycles. The number of ether oxygens (including phenoxy) is 2. The standard InChI is InChI=1S/C14H13F6N3O2.ClH/c15-13(16,17)8-24-12-5-9(1-2-11(12)25-14(18,19)20)10-6-22-23(7-10)4-3-21;/h1-2,5-7H,3-4,8,21H2;1H. The molecule has 1 aromatic carbocycles. The first kappa shape index (κ1) is 21.9. The molecule has 0 saturated heterocycles. The van der Waals surface area contributed by atoms with Crippen LogP contribution in [0.5, 0.6) is 11.5 Å². The Morgan fingerprint density at radius 2 is 1.73 bits per heavy atom. The summed E-state index contributed by atoms with van der Waals surface area (Å²) in [6.07, 6.45) is -6.82. The van der Waals surface area contributed by atoms with E-state index >= 15 is 0 Å². The van der Waals surface area contributed by atoms with Crippen LogP contribution < -0.4 is 15.2 Å². The van der Waals surface area contributed by atoms with Gasteiger partial charge in [0, 0.05) is 18.3 Å². The summed E-state index contributed by atoms with van der Waals surface area (Å²) in [6.45, 7) is -1.02. The second-order valence-electron chi connectivity index (χ2n) is 4.89. The molecule has 0 bridgehead atoms. The molecule has 0 aliphatic heterocycles. The van der Waals surface area contributed by atoms with Crippen LogP contribution in [0, 0.1) is 0 Å². The molecule has 2 aromatic rings. The lowest BCUT2D eigenvalue weighted by Gasteiger charge is -2.16. The predicted molar refractivity (Wildman–Crippen MR) is 82.2 cm³/mol. The minimum Gasteiger partial charge on any atom is -0.480 e. The van der Waals surface area contributed by atoms with Crippen molar-refractivity contribution in [2.45, 2.75) is 19.1 Å². The van der Waals surface area contributed by atoms with Gasteiger partial charge in [-0.25, -0.2) is 0 Å². The molecule has 1 aromatic heterocycles. The van der Waals surface area contributed by atoms with E-state index < -0.39 is 30.6 Å². The number of nitrogens with zero attached hydrogens (tertiary/aromatic N) is 2. The van der Waals surface area contributed by atoms with Crippen molar-refractivity contribution >= 4 is 12.4 Å². The van der Waals surface area contributed by atoms with Crippen molar-refractivity contribution in [3.05, 3.63) is 30.6 Å². The van der Waals surface area contributed by atoms with Gasteiger partial charge in [-0.05, 0) is 17.7 Å². The zero-order valence-corrected chi connectivity index (χ0v) is 13.8. The maximum absolute atomic E-state index is 12.4. The van der Waals surface area contributed by atoms with E-state index in [9.17, 15) is 26.3 Å². The van der Waals surface area contributed by atoms with Crippen LogP contribution in [-0.4, -0.2) is 35.5 Å². The van der Waals surface area contributed by atoms with E-state index in [4.69, 9.17) is 5.73 Å². The summed E-state index contributed by atoms with van der Waals surface area (Å²) in [5.74, 6) is -1.55. The van der Waals surface area contributed by atoms with E-state index in [1.54, 1.807) is 6.20 Å². The van der Waals surface area contributed by atoms with Crippen molar-refractivity contribution in [1.82, 2.24) is 9.78 Å². The highest BCUT2D eigenvalue weighted by Crippen LogP contribution is 2.36. The first-order valence-corrected chi connectivity index (χ1v) is 6.89. The molecule has 0 spiro atoms. The smallest absolute Gasteiger partial charge is 0.480 e. The van der Waals surface area contributed by atoms with E-state index in [1.807, 2.05) is 0 Å². The molecule has 146 valence electrons. The molecule has 0 atom stereocenters. The maximum Gasteiger partial charge on any atom is 0.573 e. The van der Waals surface area contributed by atoms with Gasteiger partial charge in [-0.1, -0.05) is 6.07 Å². The maximum atomic E-state index is 12.4. The number of alkyl halides is 6. The Morgan fingerprint density at radius 1 is 1.04 bits per heavy atom. The van der Waals surface area contributed by atoms with Gasteiger partial charge in [-0.3, -0.25) is 4.68 Å². The molecule has 26 heavy (non-hydrogen) atoms. The summed E-state index contributed by atoms with van der Waals surface area (Å²) in [6, 6.07) is 3.16. The fourth-order valence-corrected chi connectivity index (χ4v) is 1.94. The van der Waals surface area contributed by atoms with Gasteiger partial charge in [0.25, 0.3) is 0 Å². The highest BCUT2D eigenvalue weighted by atomic mass is 35.5. The van der Waals surface area contributed by atoms with Crippen molar-refractivity contribution in [1.29, 1.82) is 0 Å². The molecule has 0 aliphatic rings. The molecular formula is C14H14ClF6N3O2. The Balaban J connectivity index is 0.00000338. The largest absolute Gasteiger partial charge is 0.573 e. The van der Waals surface area contributed by atoms with Gasteiger partial charge >= 0.3 is 12.5 Å². The minimum atomic E-state index is -5.07. The zero-order chi connectivity index (χ0) is 18.7. The van der Waals surface area contributed by atoms with Gasteiger partial charge in [0.1, 0.15) is 0 Å². The van der Waals surface area contributed by atoms with Crippen LogP contribution in [0.1, 0.15) is 0 Å². The van der Waals surface area contributed by atoms with Crippen molar-refractivity contribution in [3.8, 4) is 22.6 Å². The van der Waals surface area contributed by atoms with E-state index in [-0.39, 0.29) is 12.4 Å². The Hall–Kier alpha value is -2.14. The average Bonchev–Trinajstić information content (AvgIpc) is 2.93. The summed E-state index contributed by atoms with van der Waals surface area (Å²) >= 11 is 0. The van der Waals surface area contributed by atoms with Crippen molar-refractivity contribution < 1.29 is 35.8 Å². The summed E-state index contributed by atoms with van der Waals surface area (Å²) < 4.78 is 83.7. The fourth-order valence-electron chi connectivity index (χ4n) is 1.94. The number of benzene rings is 1. The van der Waals surface area contributed by atoms with Crippen LogP contribution >= 0.6 is 12.4 Å². The Kier molecular flexibility index (Phi) is 7.16. The summed E-state index contributed by atoms with van der Waals surface area (Å²) in [5, 5.41) is 3.98. The number of aromatic nitrogens is 2. The van der Waals surface area contributed by atoms with Crippen LogP contribution in [0.25, 0.3) is 11.1 Å². The van der Waals surface area contributed by atoms with Gasteiger partial charge in [0.05, 0.1) is 12.7 Å². The molecule has 0 fully saturated rings. The second kappa shape index (κ2) is 8.49. The molecular weight excluding hydrogens is 392 g/mol. The first-order valence-electron chi connectivity index (χ1n) is 6.89. The summed E-state index contributed by atoms with van der Waals surface area (Å²) in [7, 11) is 0.